The number of aromatic amines is 1. The zero-order valence-electron chi connectivity index (χ0n) is 12.0. The first-order valence-electron chi connectivity index (χ1n) is 7.16. The highest BCUT2D eigenvalue weighted by Gasteiger charge is 2.23. The number of amides is 1. The highest BCUT2D eigenvalue weighted by atomic mass is 16.5. The number of aromatic nitrogens is 4. The van der Waals surface area contributed by atoms with Crippen molar-refractivity contribution in [2.45, 2.75) is 25.4 Å². The van der Waals surface area contributed by atoms with Crippen LogP contribution in [0.25, 0.3) is 0 Å². The van der Waals surface area contributed by atoms with Crippen molar-refractivity contribution in [1.82, 2.24) is 25.5 Å². The summed E-state index contributed by atoms with van der Waals surface area (Å²) in [5.74, 6) is 1.44. The van der Waals surface area contributed by atoms with Crippen LogP contribution < -0.4 is 4.74 Å². The number of benzene rings is 1. The molecule has 0 unspecified atom stereocenters. The van der Waals surface area contributed by atoms with Crippen LogP contribution in [0.2, 0.25) is 0 Å². The smallest absolute Gasteiger partial charge is 0.407 e. The second-order valence-corrected chi connectivity index (χ2v) is 5.24. The van der Waals surface area contributed by atoms with Gasteiger partial charge in [0.2, 0.25) is 0 Å². The van der Waals surface area contributed by atoms with Gasteiger partial charge in [-0.15, -0.1) is 10.2 Å². The molecule has 0 aliphatic carbocycles. The van der Waals surface area contributed by atoms with E-state index in [1.807, 2.05) is 24.3 Å². The first-order chi connectivity index (χ1) is 10.7. The lowest BCUT2D eigenvalue weighted by Crippen LogP contribution is -2.41. The topological polar surface area (TPSA) is 104 Å². The van der Waals surface area contributed by atoms with E-state index in [4.69, 9.17) is 9.84 Å². The normalized spacial score (nSPS) is 15.7. The van der Waals surface area contributed by atoms with Crippen LogP contribution in [0.15, 0.2) is 24.3 Å². The molecule has 1 aliphatic heterocycles. The van der Waals surface area contributed by atoms with E-state index in [0.29, 0.717) is 25.3 Å². The molecule has 2 N–H and O–H groups in total. The van der Waals surface area contributed by atoms with Gasteiger partial charge in [-0.3, -0.25) is 0 Å². The summed E-state index contributed by atoms with van der Waals surface area (Å²) < 4.78 is 5.90. The van der Waals surface area contributed by atoms with Gasteiger partial charge in [-0.05, 0) is 17.7 Å². The van der Waals surface area contributed by atoms with Crippen LogP contribution in [0.4, 0.5) is 4.79 Å². The number of hydrogen-bond donors (Lipinski definition) is 2. The lowest BCUT2D eigenvalue weighted by molar-refractivity contribution is 0.0894. The Morgan fingerprint density at radius 1 is 1.32 bits per heavy atom. The van der Waals surface area contributed by atoms with E-state index in [0.717, 1.165) is 24.2 Å². The van der Waals surface area contributed by atoms with Crippen LogP contribution in [-0.2, 0) is 6.42 Å². The number of nitrogens with zero attached hydrogens (tertiary/aromatic N) is 4. The van der Waals surface area contributed by atoms with E-state index < -0.39 is 6.09 Å². The second-order valence-electron chi connectivity index (χ2n) is 5.24. The molecular formula is C14H17N5O3. The molecule has 8 nitrogen and oxygen atoms in total. The monoisotopic (exact) mass is 303 g/mol. The maximum atomic E-state index is 10.9. The van der Waals surface area contributed by atoms with Gasteiger partial charge in [0.15, 0.2) is 5.82 Å². The Morgan fingerprint density at radius 2 is 2.05 bits per heavy atom. The third kappa shape index (κ3) is 3.51. The number of H-pyrrole nitrogens is 1. The van der Waals surface area contributed by atoms with Crippen molar-refractivity contribution in [2.24, 2.45) is 0 Å². The molecule has 0 spiro atoms. The predicted molar refractivity (Wildman–Crippen MR) is 76.7 cm³/mol. The number of carboxylic acid groups (broad SMARTS) is 1. The quantitative estimate of drug-likeness (QED) is 0.882. The van der Waals surface area contributed by atoms with Crippen LogP contribution in [-0.4, -0.2) is 55.9 Å². The van der Waals surface area contributed by atoms with Gasteiger partial charge < -0.3 is 14.7 Å². The van der Waals surface area contributed by atoms with Crippen molar-refractivity contribution in [2.75, 3.05) is 13.1 Å². The predicted octanol–water partition coefficient (Wildman–Crippen LogP) is 1.31. The molecule has 1 fully saturated rings. The first kappa shape index (κ1) is 14.3. The molecule has 1 aromatic carbocycles. The summed E-state index contributed by atoms with van der Waals surface area (Å²) in [6.45, 7) is 1.05. The number of likely N-dealkylation sites (tertiary alicyclic amines) is 1. The van der Waals surface area contributed by atoms with Gasteiger partial charge in [-0.2, -0.15) is 5.21 Å². The second kappa shape index (κ2) is 6.42. The molecule has 1 amide bonds. The summed E-state index contributed by atoms with van der Waals surface area (Å²) in [5.41, 5.74) is 1.08. The molecule has 8 heteroatoms. The Morgan fingerprint density at radius 3 is 2.64 bits per heavy atom. The molecule has 0 radical (unpaired) electrons. The number of piperidine rings is 1. The molecular weight excluding hydrogens is 286 g/mol. The van der Waals surface area contributed by atoms with Crippen molar-refractivity contribution in [3.8, 4) is 5.75 Å². The lowest BCUT2D eigenvalue weighted by atomic mass is 10.1. The fraction of sp³-hybridized carbons (Fsp3) is 0.429. The van der Waals surface area contributed by atoms with Gasteiger partial charge in [0.1, 0.15) is 11.9 Å². The number of nitrogens with one attached hydrogen (secondary N) is 1. The van der Waals surface area contributed by atoms with Gasteiger partial charge in [0.25, 0.3) is 0 Å². The molecule has 0 saturated carbocycles. The highest BCUT2D eigenvalue weighted by Crippen LogP contribution is 2.20. The van der Waals surface area contributed by atoms with Gasteiger partial charge in [-0.25, -0.2) is 4.79 Å². The Balaban J connectivity index is 1.52. The molecule has 116 valence electrons. The van der Waals surface area contributed by atoms with Crippen LogP contribution >= 0.6 is 0 Å². The Hall–Kier alpha value is -2.64. The van der Waals surface area contributed by atoms with Gasteiger partial charge in [0, 0.05) is 32.4 Å². The molecule has 0 bridgehead atoms. The first-order valence-corrected chi connectivity index (χ1v) is 7.16. The summed E-state index contributed by atoms with van der Waals surface area (Å²) in [7, 11) is 0. The Labute approximate surface area is 127 Å². The van der Waals surface area contributed by atoms with Crippen molar-refractivity contribution in [3.05, 3.63) is 35.7 Å². The molecule has 2 aromatic rings. The fourth-order valence-corrected chi connectivity index (χ4v) is 2.48. The minimum Gasteiger partial charge on any atom is -0.490 e. The largest absolute Gasteiger partial charge is 0.490 e. The molecule has 3 rings (SSSR count). The van der Waals surface area contributed by atoms with E-state index >= 15 is 0 Å². The zero-order valence-corrected chi connectivity index (χ0v) is 12.0. The fourth-order valence-electron chi connectivity index (χ4n) is 2.48. The maximum absolute atomic E-state index is 10.9. The van der Waals surface area contributed by atoms with Gasteiger partial charge >= 0.3 is 6.09 Å². The number of hydrogen-bond acceptors (Lipinski definition) is 5. The molecule has 1 aromatic heterocycles. The third-order valence-corrected chi connectivity index (χ3v) is 3.69. The van der Waals surface area contributed by atoms with E-state index in [1.54, 1.807) is 0 Å². The summed E-state index contributed by atoms with van der Waals surface area (Å²) in [4.78, 5) is 12.3. The minimum absolute atomic E-state index is 0.0682. The highest BCUT2D eigenvalue weighted by molar-refractivity contribution is 5.65. The Kier molecular flexibility index (Phi) is 4.17. The van der Waals surface area contributed by atoms with E-state index in [9.17, 15) is 4.79 Å². The molecule has 0 atom stereocenters. The summed E-state index contributed by atoms with van der Waals surface area (Å²) in [6, 6.07) is 7.77. The standard InChI is InChI=1S/C14H17N5O3/c20-14(21)19-7-5-12(6-8-19)22-11-3-1-10(2-4-11)9-13-15-17-18-16-13/h1-4,12H,5-9H2,(H,20,21)(H,15,16,17,18). The van der Waals surface area contributed by atoms with Crippen molar-refractivity contribution in [1.29, 1.82) is 0 Å². The SMILES string of the molecule is O=C(O)N1CCC(Oc2ccc(Cc3nn[nH]n3)cc2)CC1. The van der Waals surface area contributed by atoms with Gasteiger partial charge in [0.05, 0.1) is 0 Å². The molecule has 1 saturated heterocycles. The molecule has 22 heavy (non-hydrogen) atoms. The van der Waals surface area contributed by atoms with Crippen LogP contribution in [0.1, 0.15) is 24.2 Å². The molecule has 2 heterocycles. The van der Waals surface area contributed by atoms with Crippen molar-refractivity contribution >= 4 is 6.09 Å². The maximum Gasteiger partial charge on any atom is 0.407 e. The zero-order chi connectivity index (χ0) is 15.4. The summed E-state index contributed by atoms with van der Waals surface area (Å²) >= 11 is 0. The number of tetrazole rings is 1. The number of ether oxygens (including phenoxy) is 1. The molecule has 1 aliphatic rings. The van der Waals surface area contributed by atoms with Crippen molar-refractivity contribution in [3.63, 3.8) is 0 Å². The van der Waals surface area contributed by atoms with E-state index in [-0.39, 0.29) is 6.10 Å². The number of carbonyl (C=O) groups is 1. The Bertz CT molecular complexity index is 606. The van der Waals surface area contributed by atoms with E-state index in [2.05, 4.69) is 20.6 Å². The van der Waals surface area contributed by atoms with Crippen LogP contribution in [0.5, 0.6) is 5.75 Å². The minimum atomic E-state index is -0.857. The van der Waals surface area contributed by atoms with Crippen LogP contribution in [0, 0.1) is 0 Å². The summed E-state index contributed by atoms with van der Waals surface area (Å²) in [6.07, 6.45) is 1.27. The summed E-state index contributed by atoms with van der Waals surface area (Å²) in [5, 5.41) is 22.7. The van der Waals surface area contributed by atoms with E-state index in [1.165, 1.54) is 4.90 Å². The lowest BCUT2D eigenvalue weighted by Gasteiger charge is -2.30. The van der Waals surface area contributed by atoms with Crippen LogP contribution in [0.3, 0.4) is 0 Å². The average Bonchev–Trinajstić information content (AvgIpc) is 3.03. The average molecular weight is 303 g/mol. The third-order valence-electron chi connectivity index (χ3n) is 3.69. The van der Waals surface area contributed by atoms with Gasteiger partial charge in [-0.1, -0.05) is 17.3 Å². The van der Waals surface area contributed by atoms with Crippen molar-refractivity contribution < 1.29 is 14.6 Å². The number of rotatable bonds is 4.